The zero-order valence-electron chi connectivity index (χ0n) is 10.2. The minimum atomic E-state index is -0.444. The molecule has 98 valence electrons. The average Bonchev–Trinajstić information content (AvgIpc) is 2.34. The van der Waals surface area contributed by atoms with Crippen LogP contribution in [0.4, 0.5) is 0 Å². The van der Waals surface area contributed by atoms with Crippen LogP contribution in [0, 0.1) is 0 Å². The summed E-state index contributed by atoms with van der Waals surface area (Å²) in [7, 11) is 0. The van der Waals surface area contributed by atoms with Gasteiger partial charge in [0, 0.05) is 6.08 Å². The molecule has 0 aromatic heterocycles. The van der Waals surface area contributed by atoms with Crippen molar-refractivity contribution in [3.8, 4) is 0 Å². The highest BCUT2D eigenvalue weighted by Gasteiger charge is 2.01. The van der Waals surface area contributed by atoms with Crippen LogP contribution in [-0.2, 0) is 23.7 Å². The van der Waals surface area contributed by atoms with Gasteiger partial charge in [0.15, 0.2) is 0 Å². The molecule has 0 fully saturated rings. The third-order valence-corrected chi connectivity index (χ3v) is 1.72. The van der Waals surface area contributed by atoms with E-state index in [0.717, 1.165) is 6.08 Å². The van der Waals surface area contributed by atoms with Gasteiger partial charge in [-0.15, -0.1) is 0 Å². The molecule has 0 aromatic carbocycles. The molecule has 5 heteroatoms. The van der Waals surface area contributed by atoms with Crippen molar-refractivity contribution in [3.05, 3.63) is 25.5 Å². The maximum Gasteiger partial charge on any atom is 0.330 e. The van der Waals surface area contributed by atoms with Gasteiger partial charge in [0.2, 0.25) is 0 Å². The summed E-state index contributed by atoms with van der Waals surface area (Å²) < 4.78 is 20.2. The fourth-order valence-corrected chi connectivity index (χ4v) is 0.922. The monoisotopic (exact) mass is 244 g/mol. The smallest absolute Gasteiger partial charge is 0.330 e. The topological polar surface area (TPSA) is 54.0 Å². The minimum Gasteiger partial charge on any atom is -0.499 e. The Morgan fingerprint density at radius 2 is 1.94 bits per heavy atom. The molecule has 1 unspecified atom stereocenters. The Balaban J connectivity index is 3.20. The summed E-state index contributed by atoms with van der Waals surface area (Å²) in [6.45, 7) is 10.6. The van der Waals surface area contributed by atoms with E-state index in [0.29, 0.717) is 26.4 Å². The SMILES string of the molecule is C=COCC(C)OCCOCCOC(=O)C=C. The van der Waals surface area contributed by atoms with Crippen LogP contribution in [-0.4, -0.2) is 45.1 Å². The summed E-state index contributed by atoms with van der Waals surface area (Å²) >= 11 is 0. The molecule has 0 saturated heterocycles. The van der Waals surface area contributed by atoms with Gasteiger partial charge >= 0.3 is 5.97 Å². The maximum absolute atomic E-state index is 10.6. The lowest BCUT2D eigenvalue weighted by atomic mass is 10.4. The normalized spacial score (nSPS) is 11.6. The van der Waals surface area contributed by atoms with Crippen molar-refractivity contribution in [2.75, 3.05) is 33.0 Å². The number of ether oxygens (including phenoxy) is 4. The second-order valence-electron chi connectivity index (χ2n) is 3.17. The van der Waals surface area contributed by atoms with Crippen molar-refractivity contribution in [2.24, 2.45) is 0 Å². The van der Waals surface area contributed by atoms with E-state index in [2.05, 4.69) is 13.2 Å². The molecule has 0 amide bonds. The highest BCUT2D eigenvalue weighted by Crippen LogP contribution is 1.92. The predicted octanol–water partition coefficient (Wildman–Crippen LogP) is 1.30. The largest absolute Gasteiger partial charge is 0.499 e. The molecule has 17 heavy (non-hydrogen) atoms. The Morgan fingerprint density at radius 1 is 1.24 bits per heavy atom. The Bertz CT molecular complexity index is 227. The lowest BCUT2D eigenvalue weighted by Gasteiger charge is -2.12. The zero-order valence-corrected chi connectivity index (χ0v) is 10.2. The van der Waals surface area contributed by atoms with Crippen LogP contribution >= 0.6 is 0 Å². The lowest BCUT2D eigenvalue weighted by Crippen LogP contribution is -2.18. The van der Waals surface area contributed by atoms with Crippen LogP contribution in [0.5, 0.6) is 0 Å². The quantitative estimate of drug-likeness (QED) is 0.237. The van der Waals surface area contributed by atoms with Gasteiger partial charge in [-0.2, -0.15) is 0 Å². The number of esters is 1. The number of carbonyl (C=O) groups excluding carboxylic acids is 1. The van der Waals surface area contributed by atoms with E-state index in [4.69, 9.17) is 18.9 Å². The van der Waals surface area contributed by atoms with Crippen LogP contribution in [0.1, 0.15) is 6.92 Å². The Labute approximate surface area is 102 Å². The zero-order chi connectivity index (χ0) is 12.9. The summed E-state index contributed by atoms with van der Waals surface area (Å²) in [5.41, 5.74) is 0. The number of carbonyl (C=O) groups is 1. The van der Waals surface area contributed by atoms with Gasteiger partial charge in [-0.05, 0) is 6.92 Å². The van der Waals surface area contributed by atoms with Gasteiger partial charge in [-0.25, -0.2) is 4.79 Å². The van der Waals surface area contributed by atoms with Crippen LogP contribution in [0.2, 0.25) is 0 Å². The van der Waals surface area contributed by atoms with Crippen molar-refractivity contribution in [1.82, 2.24) is 0 Å². The fourth-order valence-electron chi connectivity index (χ4n) is 0.922. The van der Waals surface area contributed by atoms with E-state index in [9.17, 15) is 4.79 Å². The summed E-state index contributed by atoms with van der Waals surface area (Å²) in [6.07, 6.45) is 2.49. The van der Waals surface area contributed by atoms with Crippen LogP contribution in [0.3, 0.4) is 0 Å². The average molecular weight is 244 g/mol. The molecule has 0 saturated carbocycles. The summed E-state index contributed by atoms with van der Waals surface area (Å²) in [5.74, 6) is -0.444. The van der Waals surface area contributed by atoms with E-state index in [1.807, 2.05) is 6.92 Å². The Morgan fingerprint density at radius 3 is 2.59 bits per heavy atom. The molecule has 5 nitrogen and oxygen atoms in total. The van der Waals surface area contributed by atoms with E-state index < -0.39 is 5.97 Å². The van der Waals surface area contributed by atoms with Crippen molar-refractivity contribution in [1.29, 1.82) is 0 Å². The predicted molar refractivity (Wildman–Crippen MR) is 63.5 cm³/mol. The molecule has 1 atom stereocenters. The van der Waals surface area contributed by atoms with Crippen molar-refractivity contribution >= 4 is 5.97 Å². The van der Waals surface area contributed by atoms with Gasteiger partial charge in [0.1, 0.15) is 13.2 Å². The first kappa shape index (κ1) is 15.7. The van der Waals surface area contributed by atoms with Crippen molar-refractivity contribution in [2.45, 2.75) is 13.0 Å². The highest BCUT2D eigenvalue weighted by atomic mass is 16.6. The van der Waals surface area contributed by atoms with Crippen LogP contribution in [0.25, 0.3) is 0 Å². The van der Waals surface area contributed by atoms with Crippen LogP contribution < -0.4 is 0 Å². The molecular weight excluding hydrogens is 224 g/mol. The van der Waals surface area contributed by atoms with Crippen molar-refractivity contribution < 1.29 is 23.7 Å². The summed E-state index contributed by atoms with van der Waals surface area (Å²) in [6, 6.07) is 0. The van der Waals surface area contributed by atoms with Gasteiger partial charge in [0.05, 0.1) is 32.2 Å². The first-order valence-corrected chi connectivity index (χ1v) is 5.41. The van der Waals surface area contributed by atoms with E-state index >= 15 is 0 Å². The molecule has 0 aliphatic carbocycles. The third kappa shape index (κ3) is 10.9. The minimum absolute atomic E-state index is 0.00445. The third-order valence-electron chi connectivity index (χ3n) is 1.72. The first-order chi connectivity index (χ1) is 8.20. The van der Waals surface area contributed by atoms with E-state index in [1.54, 1.807) is 0 Å². The standard InChI is InChI=1S/C12H20O5/c1-4-12(13)17-9-7-15-6-8-16-11(3)10-14-5-2/h4-5,11H,1-2,6-10H2,3H3. The lowest BCUT2D eigenvalue weighted by molar-refractivity contribution is -0.139. The first-order valence-electron chi connectivity index (χ1n) is 5.41. The highest BCUT2D eigenvalue weighted by molar-refractivity contribution is 5.81. The van der Waals surface area contributed by atoms with Gasteiger partial charge in [-0.3, -0.25) is 0 Å². The molecule has 0 aliphatic rings. The maximum atomic E-state index is 10.6. The second-order valence-corrected chi connectivity index (χ2v) is 3.17. The molecule has 0 aromatic rings. The Hall–Kier alpha value is -1.33. The van der Waals surface area contributed by atoms with Gasteiger partial charge in [-0.1, -0.05) is 13.2 Å². The van der Waals surface area contributed by atoms with Gasteiger partial charge < -0.3 is 18.9 Å². The number of hydrogen-bond donors (Lipinski definition) is 0. The number of rotatable bonds is 11. The van der Waals surface area contributed by atoms with E-state index in [1.165, 1.54) is 6.26 Å². The molecule has 0 rings (SSSR count). The number of hydrogen-bond acceptors (Lipinski definition) is 5. The Kier molecular flexibility index (Phi) is 10.3. The van der Waals surface area contributed by atoms with Crippen LogP contribution in [0.15, 0.2) is 25.5 Å². The molecular formula is C12H20O5. The molecule has 0 bridgehead atoms. The van der Waals surface area contributed by atoms with Gasteiger partial charge in [0.25, 0.3) is 0 Å². The molecule has 0 spiro atoms. The summed E-state index contributed by atoms with van der Waals surface area (Å²) in [4.78, 5) is 10.6. The molecule has 0 aliphatic heterocycles. The molecule has 0 heterocycles. The fraction of sp³-hybridized carbons (Fsp3) is 0.583. The molecule has 0 radical (unpaired) electrons. The van der Waals surface area contributed by atoms with Crippen molar-refractivity contribution in [3.63, 3.8) is 0 Å². The summed E-state index contributed by atoms with van der Waals surface area (Å²) in [5, 5.41) is 0. The molecule has 0 N–H and O–H groups in total. The van der Waals surface area contributed by atoms with E-state index in [-0.39, 0.29) is 12.7 Å². The second kappa shape index (κ2) is 11.2.